The quantitative estimate of drug-likeness (QED) is 0.140. The summed E-state index contributed by atoms with van der Waals surface area (Å²) in [6.07, 6.45) is 1.83. The summed E-state index contributed by atoms with van der Waals surface area (Å²) < 4.78 is 34.9. The zero-order valence-electron chi connectivity index (χ0n) is 25.7. The lowest BCUT2D eigenvalue weighted by molar-refractivity contribution is -0.140. The predicted molar refractivity (Wildman–Crippen MR) is 183 cm³/mol. The first-order valence-electron chi connectivity index (χ1n) is 14.9. The standard InChI is InChI=1S/C35H37Cl2N3O5S/c1-3-4-21-38-35(42)32(22-26-13-7-5-8-14-26)39(24-27-15-11-12-18-30(27)37)34(41)25-40(31-23-28(36)19-20-33(31)45-2)46(43,44)29-16-9-6-10-17-29/h5-20,23,32H,3-4,21-22,24-25H2,1-2H3,(H,38,42)/t32-/m0/s1. The van der Waals surface area contributed by atoms with Gasteiger partial charge in [-0.05, 0) is 53.9 Å². The molecule has 242 valence electrons. The fraction of sp³-hybridized carbons (Fsp3) is 0.257. The minimum absolute atomic E-state index is 0.0272. The van der Waals surface area contributed by atoms with Gasteiger partial charge in [0, 0.05) is 29.6 Å². The van der Waals surface area contributed by atoms with E-state index in [0.29, 0.717) is 17.1 Å². The Hall–Kier alpha value is -4.05. The van der Waals surface area contributed by atoms with E-state index in [1.165, 1.54) is 36.3 Å². The Labute approximate surface area is 280 Å². The van der Waals surface area contributed by atoms with Crippen LogP contribution < -0.4 is 14.4 Å². The first-order chi connectivity index (χ1) is 22.1. The summed E-state index contributed by atoms with van der Waals surface area (Å²) in [5, 5.41) is 3.64. The molecule has 11 heteroatoms. The highest BCUT2D eigenvalue weighted by atomic mass is 35.5. The molecule has 0 unspecified atom stereocenters. The molecule has 2 amide bonds. The molecule has 4 aromatic rings. The monoisotopic (exact) mass is 681 g/mol. The molecule has 0 spiro atoms. The Bertz CT molecular complexity index is 1720. The van der Waals surface area contributed by atoms with Crippen LogP contribution in [0.2, 0.25) is 10.0 Å². The van der Waals surface area contributed by atoms with Crippen LogP contribution in [-0.2, 0) is 32.6 Å². The van der Waals surface area contributed by atoms with Crippen molar-refractivity contribution >= 4 is 50.7 Å². The third-order valence-corrected chi connectivity index (χ3v) is 9.80. The molecule has 46 heavy (non-hydrogen) atoms. The molecule has 0 saturated heterocycles. The molecule has 0 heterocycles. The number of nitrogens with zero attached hydrogens (tertiary/aromatic N) is 2. The average molecular weight is 683 g/mol. The minimum atomic E-state index is -4.31. The summed E-state index contributed by atoms with van der Waals surface area (Å²) in [5.41, 5.74) is 1.52. The van der Waals surface area contributed by atoms with E-state index in [1.807, 2.05) is 37.3 Å². The van der Waals surface area contributed by atoms with Crippen molar-refractivity contribution in [3.63, 3.8) is 0 Å². The molecule has 1 N–H and O–H groups in total. The molecule has 0 radical (unpaired) electrons. The summed E-state index contributed by atoms with van der Waals surface area (Å²) >= 11 is 12.9. The van der Waals surface area contributed by atoms with Gasteiger partial charge >= 0.3 is 0 Å². The Balaban J connectivity index is 1.84. The molecular weight excluding hydrogens is 645 g/mol. The van der Waals surface area contributed by atoms with Gasteiger partial charge < -0.3 is 15.0 Å². The van der Waals surface area contributed by atoms with Crippen LogP contribution >= 0.6 is 23.2 Å². The van der Waals surface area contributed by atoms with Gasteiger partial charge in [-0.25, -0.2) is 8.42 Å². The number of amides is 2. The van der Waals surface area contributed by atoms with E-state index in [-0.39, 0.29) is 40.2 Å². The van der Waals surface area contributed by atoms with Gasteiger partial charge in [-0.2, -0.15) is 0 Å². The van der Waals surface area contributed by atoms with Crippen LogP contribution in [0.5, 0.6) is 5.75 Å². The molecule has 0 fully saturated rings. The Morgan fingerprint density at radius 1 is 0.891 bits per heavy atom. The van der Waals surface area contributed by atoms with Gasteiger partial charge in [-0.3, -0.25) is 13.9 Å². The van der Waals surface area contributed by atoms with Crippen LogP contribution in [0.1, 0.15) is 30.9 Å². The molecule has 4 rings (SSSR count). The largest absolute Gasteiger partial charge is 0.495 e. The van der Waals surface area contributed by atoms with Crippen LogP contribution in [0.3, 0.4) is 0 Å². The minimum Gasteiger partial charge on any atom is -0.495 e. The maximum Gasteiger partial charge on any atom is 0.264 e. The Morgan fingerprint density at radius 3 is 2.20 bits per heavy atom. The van der Waals surface area contributed by atoms with E-state index in [9.17, 15) is 18.0 Å². The van der Waals surface area contributed by atoms with Gasteiger partial charge in [0.1, 0.15) is 18.3 Å². The number of halogens is 2. The summed E-state index contributed by atoms with van der Waals surface area (Å²) in [6, 6.07) is 27.8. The first kappa shape index (κ1) is 34.8. The number of carbonyl (C=O) groups excluding carboxylic acids is 2. The maximum atomic E-state index is 14.6. The van der Waals surface area contributed by atoms with E-state index in [2.05, 4.69) is 5.32 Å². The van der Waals surface area contributed by atoms with Gasteiger partial charge in [0.25, 0.3) is 10.0 Å². The number of carbonyl (C=O) groups is 2. The summed E-state index contributed by atoms with van der Waals surface area (Å²) in [5.74, 6) is -0.768. The third-order valence-electron chi connectivity index (χ3n) is 7.42. The zero-order valence-corrected chi connectivity index (χ0v) is 28.1. The lowest BCUT2D eigenvalue weighted by atomic mass is 10.0. The normalized spacial score (nSPS) is 11.8. The number of unbranched alkanes of at least 4 members (excludes halogenated alkanes) is 1. The van der Waals surface area contributed by atoms with Crippen molar-refractivity contribution in [3.8, 4) is 5.75 Å². The van der Waals surface area contributed by atoms with Crippen LogP contribution in [0.4, 0.5) is 5.69 Å². The lowest BCUT2D eigenvalue weighted by Gasteiger charge is -2.34. The number of ether oxygens (including phenoxy) is 1. The number of hydrogen-bond acceptors (Lipinski definition) is 5. The smallest absolute Gasteiger partial charge is 0.264 e. The summed E-state index contributed by atoms with van der Waals surface area (Å²) in [7, 11) is -2.91. The number of methoxy groups -OCH3 is 1. The van der Waals surface area contributed by atoms with Gasteiger partial charge in [-0.1, -0.05) is 103 Å². The Morgan fingerprint density at radius 2 is 1.54 bits per heavy atom. The molecule has 0 saturated carbocycles. The number of rotatable bonds is 15. The zero-order chi connectivity index (χ0) is 33.1. The fourth-order valence-corrected chi connectivity index (χ4v) is 6.76. The molecular formula is C35H37Cl2N3O5S. The van der Waals surface area contributed by atoms with Crippen molar-refractivity contribution in [2.75, 3.05) is 24.5 Å². The van der Waals surface area contributed by atoms with Crippen molar-refractivity contribution in [1.82, 2.24) is 10.2 Å². The molecule has 0 aliphatic heterocycles. The number of nitrogens with one attached hydrogen (secondary N) is 1. The third kappa shape index (κ3) is 8.81. The average Bonchev–Trinajstić information content (AvgIpc) is 3.06. The first-order valence-corrected chi connectivity index (χ1v) is 17.1. The molecule has 8 nitrogen and oxygen atoms in total. The van der Waals surface area contributed by atoms with E-state index in [4.69, 9.17) is 27.9 Å². The van der Waals surface area contributed by atoms with Crippen LogP contribution in [-0.4, -0.2) is 51.4 Å². The lowest BCUT2D eigenvalue weighted by Crippen LogP contribution is -2.53. The molecule has 1 atom stereocenters. The number of benzene rings is 4. The highest BCUT2D eigenvalue weighted by Gasteiger charge is 2.35. The number of anilines is 1. The van der Waals surface area contributed by atoms with Crippen LogP contribution in [0, 0.1) is 0 Å². The SMILES string of the molecule is CCCCNC(=O)[C@H](Cc1ccccc1)N(Cc1ccccc1Cl)C(=O)CN(c1cc(Cl)ccc1OC)S(=O)(=O)c1ccccc1. The Kier molecular flexibility index (Phi) is 12.5. The van der Waals surface area contributed by atoms with Crippen LogP contribution in [0.15, 0.2) is 108 Å². The van der Waals surface area contributed by atoms with E-state index < -0.39 is 28.5 Å². The van der Waals surface area contributed by atoms with Crippen molar-refractivity contribution in [2.45, 2.75) is 43.7 Å². The number of hydrogen-bond donors (Lipinski definition) is 1. The second-order valence-corrected chi connectivity index (χ2v) is 13.3. The van der Waals surface area contributed by atoms with E-state index in [0.717, 1.165) is 22.7 Å². The predicted octanol–water partition coefficient (Wildman–Crippen LogP) is 6.75. The van der Waals surface area contributed by atoms with Crippen molar-refractivity contribution in [3.05, 3.63) is 124 Å². The van der Waals surface area contributed by atoms with Gasteiger partial charge in [-0.15, -0.1) is 0 Å². The summed E-state index contributed by atoms with van der Waals surface area (Å²) in [6.45, 7) is 1.77. The second-order valence-electron chi connectivity index (χ2n) is 10.6. The second kappa shape index (κ2) is 16.5. The van der Waals surface area contributed by atoms with Gasteiger partial charge in [0.05, 0.1) is 17.7 Å². The molecule has 0 aromatic heterocycles. The van der Waals surface area contributed by atoms with Crippen LogP contribution in [0.25, 0.3) is 0 Å². The highest BCUT2D eigenvalue weighted by Crippen LogP contribution is 2.35. The van der Waals surface area contributed by atoms with Crippen molar-refractivity contribution in [2.24, 2.45) is 0 Å². The maximum absolute atomic E-state index is 14.6. The molecule has 4 aromatic carbocycles. The van der Waals surface area contributed by atoms with Crippen molar-refractivity contribution in [1.29, 1.82) is 0 Å². The van der Waals surface area contributed by atoms with E-state index in [1.54, 1.807) is 48.5 Å². The van der Waals surface area contributed by atoms with E-state index >= 15 is 0 Å². The van der Waals surface area contributed by atoms with Gasteiger partial charge in [0.2, 0.25) is 11.8 Å². The summed E-state index contributed by atoms with van der Waals surface area (Å²) in [4.78, 5) is 29.8. The topological polar surface area (TPSA) is 96.0 Å². The fourth-order valence-electron chi connectivity index (χ4n) is 4.96. The molecule has 0 bridgehead atoms. The highest BCUT2D eigenvalue weighted by molar-refractivity contribution is 7.92. The van der Waals surface area contributed by atoms with Gasteiger partial charge in [0.15, 0.2) is 0 Å². The van der Waals surface area contributed by atoms with Crippen molar-refractivity contribution < 1.29 is 22.7 Å². The molecule has 0 aliphatic carbocycles. The number of sulfonamides is 1. The molecule has 0 aliphatic rings.